The van der Waals surface area contributed by atoms with Crippen LogP contribution in [-0.2, 0) is 10.2 Å². The summed E-state index contributed by atoms with van der Waals surface area (Å²) in [5.41, 5.74) is 1.83. The Kier molecular flexibility index (Phi) is 6.28. The summed E-state index contributed by atoms with van der Waals surface area (Å²) in [5.74, 6) is 0.114. The number of piperidine rings is 1. The van der Waals surface area contributed by atoms with Gasteiger partial charge in [0.1, 0.15) is 12.7 Å². The van der Waals surface area contributed by atoms with Gasteiger partial charge in [0.2, 0.25) is 5.91 Å². The van der Waals surface area contributed by atoms with Crippen molar-refractivity contribution in [2.45, 2.75) is 69.4 Å². The molecule has 2 aliphatic rings. The van der Waals surface area contributed by atoms with Gasteiger partial charge in [-0.05, 0) is 38.2 Å². The largest absolute Gasteiger partial charge is 0.353 e. The van der Waals surface area contributed by atoms with Crippen LogP contribution in [0.5, 0.6) is 0 Å². The van der Waals surface area contributed by atoms with Crippen molar-refractivity contribution in [3.8, 4) is 0 Å². The van der Waals surface area contributed by atoms with E-state index in [-0.39, 0.29) is 18.0 Å². The highest BCUT2D eigenvalue weighted by Crippen LogP contribution is 2.42. The number of aromatic nitrogens is 3. The fourth-order valence-corrected chi connectivity index (χ4v) is 5.14. The SMILES string of the molecule is CC(CC(=O)NC1CCN(CC2(c3ccccc3)CCCC2)CC1)n1cncn1. The molecule has 1 N–H and O–H groups in total. The number of rotatable bonds is 7. The van der Waals surface area contributed by atoms with E-state index in [1.54, 1.807) is 11.0 Å². The molecule has 1 aromatic carbocycles. The number of nitrogens with one attached hydrogen (secondary N) is 1. The van der Waals surface area contributed by atoms with Gasteiger partial charge in [0, 0.05) is 37.5 Å². The Morgan fingerprint density at radius 1 is 1.21 bits per heavy atom. The third-order valence-electron chi connectivity index (χ3n) is 6.79. The van der Waals surface area contributed by atoms with E-state index in [9.17, 15) is 4.79 Å². The van der Waals surface area contributed by atoms with Gasteiger partial charge in [-0.2, -0.15) is 5.10 Å². The molecular weight excluding hydrogens is 362 g/mol. The van der Waals surface area contributed by atoms with Gasteiger partial charge in [-0.3, -0.25) is 4.79 Å². The van der Waals surface area contributed by atoms with Gasteiger partial charge in [-0.1, -0.05) is 43.2 Å². The highest BCUT2D eigenvalue weighted by atomic mass is 16.1. The van der Waals surface area contributed by atoms with E-state index in [4.69, 9.17) is 0 Å². The highest BCUT2D eigenvalue weighted by molar-refractivity contribution is 5.76. The first-order chi connectivity index (χ1) is 14.1. The predicted molar refractivity (Wildman–Crippen MR) is 114 cm³/mol. The van der Waals surface area contributed by atoms with E-state index in [0.29, 0.717) is 11.8 Å². The Morgan fingerprint density at radius 2 is 1.93 bits per heavy atom. The number of carbonyl (C=O) groups excluding carboxylic acids is 1. The zero-order valence-corrected chi connectivity index (χ0v) is 17.5. The molecule has 1 unspecified atom stereocenters. The lowest BCUT2D eigenvalue weighted by atomic mass is 9.78. The van der Waals surface area contributed by atoms with E-state index in [0.717, 1.165) is 32.5 Å². The van der Waals surface area contributed by atoms with Crippen LogP contribution >= 0.6 is 0 Å². The van der Waals surface area contributed by atoms with Crippen LogP contribution in [0.1, 0.15) is 63.5 Å². The first kappa shape index (κ1) is 20.1. The van der Waals surface area contributed by atoms with E-state index < -0.39 is 0 Å². The number of amides is 1. The van der Waals surface area contributed by atoms with E-state index in [1.165, 1.54) is 37.6 Å². The van der Waals surface area contributed by atoms with E-state index in [2.05, 4.69) is 50.6 Å². The molecule has 2 fully saturated rings. The second-order valence-corrected chi connectivity index (χ2v) is 8.90. The zero-order chi connectivity index (χ0) is 20.1. The van der Waals surface area contributed by atoms with Crippen molar-refractivity contribution < 1.29 is 4.79 Å². The van der Waals surface area contributed by atoms with Gasteiger partial charge in [0.15, 0.2) is 0 Å². The number of hydrogen-bond donors (Lipinski definition) is 1. The van der Waals surface area contributed by atoms with Crippen molar-refractivity contribution >= 4 is 5.91 Å². The molecule has 0 bridgehead atoms. The van der Waals surface area contributed by atoms with Gasteiger partial charge in [0.25, 0.3) is 0 Å². The van der Waals surface area contributed by atoms with Crippen LogP contribution in [0.3, 0.4) is 0 Å². The lowest BCUT2D eigenvalue weighted by Crippen LogP contribution is -2.48. The highest BCUT2D eigenvalue weighted by Gasteiger charge is 2.37. The molecule has 1 atom stereocenters. The normalized spacial score (nSPS) is 21.1. The number of benzene rings is 1. The summed E-state index contributed by atoms with van der Waals surface area (Å²) in [6, 6.07) is 11.4. The van der Waals surface area contributed by atoms with Gasteiger partial charge in [0.05, 0.1) is 6.04 Å². The standard InChI is InChI=1S/C23H33N5O/c1-19(28-18-24-17-25-28)15-22(29)26-21-9-13-27(14-10-21)16-23(11-5-6-12-23)20-7-3-2-4-8-20/h2-4,7-8,17-19,21H,5-6,9-16H2,1H3,(H,26,29). The quantitative estimate of drug-likeness (QED) is 0.781. The summed E-state index contributed by atoms with van der Waals surface area (Å²) in [5, 5.41) is 7.37. The Morgan fingerprint density at radius 3 is 2.59 bits per heavy atom. The number of likely N-dealkylation sites (tertiary alicyclic amines) is 1. The monoisotopic (exact) mass is 395 g/mol. The summed E-state index contributed by atoms with van der Waals surface area (Å²) in [6.07, 6.45) is 11.0. The molecule has 0 spiro atoms. The fourth-order valence-electron chi connectivity index (χ4n) is 5.14. The number of hydrogen-bond acceptors (Lipinski definition) is 4. The van der Waals surface area contributed by atoms with Crippen LogP contribution in [0, 0.1) is 0 Å². The summed E-state index contributed by atoms with van der Waals surface area (Å²) >= 11 is 0. The molecule has 1 saturated heterocycles. The minimum Gasteiger partial charge on any atom is -0.353 e. The molecule has 1 aliphatic heterocycles. The minimum absolute atomic E-state index is 0.0330. The second kappa shape index (κ2) is 9.08. The van der Waals surface area contributed by atoms with E-state index in [1.807, 2.05) is 6.92 Å². The Hall–Kier alpha value is -2.21. The van der Waals surface area contributed by atoms with Crippen LogP contribution in [0.25, 0.3) is 0 Å². The van der Waals surface area contributed by atoms with Gasteiger partial charge < -0.3 is 10.2 Å². The zero-order valence-electron chi connectivity index (χ0n) is 17.5. The van der Waals surface area contributed by atoms with Crippen molar-refractivity contribution in [2.24, 2.45) is 0 Å². The van der Waals surface area contributed by atoms with Crippen LogP contribution in [0.4, 0.5) is 0 Å². The maximum absolute atomic E-state index is 12.4. The number of nitrogens with zero attached hydrogens (tertiary/aromatic N) is 4. The first-order valence-electron chi connectivity index (χ1n) is 11.1. The molecule has 156 valence electrons. The van der Waals surface area contributed by atoms with Crippen LogP contribution < -0.4 is 5.32 Å². The van der Waals surface area contributed by atoms with Crippen molar-refractivity contribution in [3.63, 3.8) is 0 Å². The second-order valence-electron chi connectivity index (χ2n) is 8.90. The molecule has 1 amide bonds. The van der Waals surface area contributed by atoms with Crippen LogP contribution in [0.15, 0.2) is 43.0 Å². The lowest BCUT2D eigenvalue weighted by molar-refractivity contribution is -0.122. The smallest absolute Gasteiger partial charge is 0.222 e. The van der Waals surface area contributed by atoms with Crippen LogP contribution in [0.2, 0.25) is 0 Å². The Balaban J connectivity index is 1.26. The molecule has 2 aromatic rings. The molecule has 1 aromatic heterocycles. The Bertz CT molecular complexity index is 762. The predicted octanol–water partition coefficient (Wildman–Crippen LogP) is 3.32. The lowest BCUT2D eigenvalue weighted by Gasteiger charge is -2.39. The summed E-state index contributed by atoms with van der Waals surface area (Å²) in [4.78, 5) is 19.0. The minimum atomic E-state index is 0.0330. The van der Waals surface area contributed by atoms with Gasteiger partial charge >= 0.3 is 0 Å². The number of carbonyl (C=O) groups is 1. The molecule has 6 nitrogen and oxygen atoms in total. The van der Waals surface area contributed by atoms with Crippen molar-refractivity contribution in [3.05, 3.63) is 48.5 Å². The molecule has 6 heteroatoms. The molecule has 2 heterocycles. The average Bonchev–Trinajstić information content (AvgIpc) is 3.43. The van der Waals surface area contributed by atoms with E-state index >= 15 is 0 Å². The summed E-state index contributed by atoms with van der Waals surface area (Å²) in [7, 11) is 0. The van der Waals surface area contributed by atoms with Gasteiger partial charge in [-0.25, -0.2) is 9.67 Å². The third kappa shape index (κ3) is 4.86. The van der Waals surface area contributed by atoms with Crippen molar-refractivity contribution in [2.75, 3.05) is 19.6 Å². The third-order valence-corrected chi connectivity index (χ3v) is 6.79. The summed E-state index contributed by atoms with van der Waals surface area (Å²) in [6.45, 7) is 5.29. The molecule has 4 rings (SSSR count). The maximum Gasteiger partial charge on any atom is 0.222 e. The summed E-state index contributed by atoms with van der Waals surface area (Å²) < 4.78 is 1.74. The molecule has 0 radical (unpaired) electrons. The molecule has 1 aliphatic carbocycles. The average molecular weight is 396 g/mol. The van der Waals surface area contributed by atoms with Gasteiger partial charge in [-0.15, -0.1) is 0 Å². The maximum atomic E-state index is 12.4. The molecule has 29 heavy (non-hydrogen) atoms. The molecule has 1 saturated carbocycles. The first-order valence-corrected chi connectivity index (χ1v) is 11.1. The fraction of sp³-hybridized carbons (Fsp3) is 0.609. The van der Waals surface area contributed by atoms with Crippen LogP contribution in [-0.4, -0.2) is 51.2 Å². The Labute approximate surface area is 173 Å². The topological polar surface area (TPSA) is 63.1 Å². The van der Waals surface area contributed by atoms with Crippen molar-refractivity contribution in [1.29, 1.82) is 0 Å². The molecular formula is C23H33N5O. The van der Waals surface area contributed by atoms with Crippen molar-refractivity contribution in [1.82, 2.24) is 25.0 Å².